The molecular weight excluding hydrogens is 370 g/mol. The van der Waals surface area contributed by atoms with Gasteiger partial charge in [0.2, 0.25) is 16.9 Å². The molecule has 0 radical (unpaired) electrons. The number of nitrogens with zero attached hydrogens (tertiary/aromatic N) is 6. The zero-order chi connectivity index (χ0) is 18.2. The molecule has 6 rings (SSSR count). The summed E-state index contributed by atoms with van der Waals surface area (Å²) in [5.41, 5.74) is 2.91. The van der Waals surface area contributed by atoms with Crippen molar-refractivity contribution >= 4 is 23.3 Å². The number of hydrazone groups is 1. The molecule has 3 unspecified atom stereocenters. The first-order chi connectivity index (χ1) is 13.2. The highest BCUT2D eigenvalue weighted by Crippen LogP contribution is 2.49. The molecule has 4 heterocycles. The number of rotatable bonds is 3. The highest BCUT2D eigenvalue weighted by Gasteiger charge is 2.51. The molecule has 2 aromatic heterocycles. The lowest BCUT2D eigenvalue weighted by Gasteiger charge is -2.45. The van der Waals surface area contributed by atoms with E-state index in [0.717, 1.165) is 31.5 Å². The molecule has 0 aromatic carbocycles. The van der Waals surface area contributed by atoms with Gasteiger partial charge in [-0.05, 0) is 37.3 Å². The third-order valence-corrected chi connectivity index (χ3v) is 6.71. The van der Waals surface area contributed by atoms with Gasteiger partial charge in [0, 0.05) is 19.1 Å². The fourth-order valence-electron chi connectivity index (χ4n) is 4.84. The number of methoxy groups -OCH3 is 1. The Labute approximate surface area is 160 Å². The molecule has 0 amide bonds. The average molecular weight is 390 g/mol. The molecule has 2 saturated carbocycles. The van der Waals surface area contributed by atoms with E-state index in [9.17, 15) is 0 Å². The molecule has 4 aliphatic rings. The minimum atomic E-state index is -0.394. The molecule has 2 fully saturated rings. The maximum Gasteiger partial charge on any atom is 0.295 e. The smallest absolute Gasteiger partial charge is 0.295 e. The van der Waals surface area contributed by atoms with Crippen LogP contribution in [0, 0.1) is 5.92 Å². The SMILES string of the molecule is COC1(c2noc(C3=NNC4C5CCCCC5n5c(cnc5Cl)N34)n2)CC1. The van der Waals surface area contributed by atoms with Gasteiger partial charge in [0.15, 0.2) is 0 Å². The summed E-state index contributed by atoms with van der Waals surface area (Å²) in [7, 11) is 1.68. The molecule has 142 valence electrons. The summed E-state index contributed by atoms with van der Waals surface area (Å²) < 4.78 is 13.3. The molecule has 3 atom stereocenters. The topological polar surface area (TPSA) is 93.6 Å². The molecule has 2 aromatic rings. The number of ether oxygens (including phenoxy) is 1. The molecule has 2 aliphatic carbocycles. The highest BCUT2D eigenvalue weighted by atomic mass is 35.5. The van der Waals surface area contributed by atoms with Crippen molar-refractivity contribution in [3.63, 3.8) is 0 Å². The van der Waals surface area contributed by atoms with Crippen molar-refractivity contribution < 1.29 is 9.26 Å². The molecule has 9 nitrogen and oxygen atoms in total. The zero-order valence-electron chi connectivity index (χ0n) is 14.9. The van der Waals surface area contributed by atoms with Gasteiger partial charge >= 0.3 is 0 Å². The fraction of sp³-hybridized carbons (Fsp3) is 0.647. The summed E-state index contributed by atoms with van der Waals surface area (Å²) in [5.74, 6) is 2.92. The van der Waals surface area contributed by atoms with Gasteiger partial charge in [0.1, 0.15) is 17.6 Å². The monoisotopic (exact) mass is 389 g/mol. The summed E-state index contributed by atoms with van der Waals surface area (Å²) in [6.07, 6.45) is 8.33. The van der Waals surface area contributed by atoms with E-state index >= 15 is 0 Å². The van der Waals surface area contributed by atoms with Crippen LogP contribution in [0.1, 0.15) is 56.3 Å². The Balaban J connectivity index is 1.41. The van der Waals surface area contributed by atoms with Crippen LogP contribution in [0.5, 0.6) is 0 Å². The lowest BCUT2D eigenvalue weighted by molar-refractivity contribution is 0.0689. The predicted octanol–water partition coefficient (Wildman–Crippen LogP) is 2.40. The van der Waals surface area contributed by atoms with Crippen LogP contribution in [0.25, 0.3) is 0 Å². The van der Waals surface area contributed by atoms with Crippen LogP contribution in [-0.2, 0) is 10.3 Å². The zero-order valence-corrected chi connectivity index (χ0v) is 15.7. The van der Waals surface area contributed by atoms with E-state index in [2.05, 4.69) is 35.1 Å². The van der Waals surface area contributed by atoms with Crippen LogP contribution in [0.15, 0.2) is 15.8 Å². The van der Waals surface area contributed by atoms with E-state index < -0.39 is 5.60 Å². The Bertz CT molecular complexity index is 934. The summed E-state index contributed by atoms with van der Waals surface area (Å²) >= 11 is 6.45. The van der Waals surface area contributed by atoms with Gasteiger partial charge in [-0.2, -0.15) is 10.1 Å². The predicted molar refractivity (Wildman–Crippen MR) is 96.4 cm³/mol. The van der Waals surface area contributed by atoms with Gasteiger partial charge in [-0.3, -0.25) is 14.9 Å². The van der Waals surface area contributed by atoms with E-state index in [1.807, 2.05) is 0 Å². The van der Waals surface area contributed by atoms with Crippen LogP contribution < -0.4 is 10.3 Å². The first kappa shape index (κ1) is 15.9. The number of hydrogen-bond donors (Lipinski definition) is 1. The summed E-state index contributed by atoms with van der Waals surface area (Å²) in [4.78, 5) is 11.1. The molecule has 10 heteroatoms. The lowest BCUT2D eigenvalue weighted by atomic mass is 9.80. The van der Waals surface area contributed by atoms with Crippen molar-refractivity contribution in [2.45, 2.75) is 56.3 Å². The van der Waals surface area contributed by atoms with E-state index in [4.69, 9.17) is 20.9 Å². The number of hydrogen-bond acceptors (Lipinski definition) is 8. The maximum atomic E-state index is 6.45. The molecule has 0 spiro atoms. The van der Waals surface area contributed by atoms with Crippen molar-refractivity contribution in [1.29, 1.82) is 0 Å². The number of nitrogens with one attached hydrogen (secondary N) is 1. The molecular formula is C17H20ClN7O2. The van der Waals surface area contributed by atoms with Gasteiger partial charge in [0.25, 0.3) is 5.89 Å². The molecule has 0 saturated heterocycles. The fourth-order valence-corrected chi connectivity index (χ4v) is 5.10. The largest absolute Gasteiger partial charge is 0.370 e. The number of anilines is 1. The quantitative estimate of drug-likeness (QED) is 0.861. The van der Waals surface area contributed by atoms with Crippen molar-refractivity contribution in [3.05, 3.63) is 23.2 Å². The molecule has 1 N–H and O–H groups in total. The van der Waals surface area contributed by atoms with E-state index in [-0.39, 0.29) is 6.17 Å². The second-order valence-electron chi connectivity index (χ2n) is 7.77. The van der Waals surface area contributed by atoms with E-state index in [0.29, 0.717) is 34.8 Å². The van der Waals surface area contributed by atoms with E-state index in [1.165, 1.54) is 12.8 Å². The standard InChI is InChI=1S/C17H20ClN7O2/c1-26-17(6-7-17)15-20-14(27-23-15)13-22-21-12-9-4-2-3-5-10(9)24-11(25(12)13)8-19-16(24)18/h8-10,12,21H,2-7H2,1H3. The van der Waals surface area contributed by atoms with Gasteiger partial charge in [-0.15, -0.1) is 0 Å². The third-order valence-electron chi connectivity index (χ3n) is 6.43. The maximum absolute atomic E-state index is 6.45. The summed E-state index contributed by atoms with van der Waals surface area (Å²) in [6, 6.07) is 0.341. The van der Waals surface area contributed by atoms with Crippen molar-refractivity contribution in [2.75, 3.05) is 12.0 Å². The Hall–Kier alpha value is -2.13. The van der Waals surface area contributed by atoms with Gasteiger partial charge in [0.05, 0.1) is 6.20 Å². The average Bonchev–Trinajstić information content (AvgIpc) is 3.03. The summed E-state index contributed by atoms with van der Waals surface area (Å²) in [5, 5.41) is 9.24. The van der Waals surface area contributed by atoms with Crippen molar-refractivity contribution in [1.82, 2.24) is 25.1 Å². The third kappa shape index (κ3) is 2.09. The highest BCUT2D eigenvalue weighted by molar-refractivity contribution is 6.28. The second-order valence-corrected chi connectivity index (χ2v) is 8.11. The second kappa shape index (κ2) is 5.45. The minimum Gasteiger partial charge on any atom is -0.370 e. The number of amidine groups is 1. The van der Waals surface area contributed by atoms with Crippen LogP contribution in [-0.4, -0.2) is 38.8 Å². The van der Waals surface area contributed by atoms with Crippen LogP contribution in [0.3, 0.4) is 0 Å². The number of aromatic nitrogens is 4. The molecule has 0 bridgehead atoms. The molecule has 27 heavy (non-hydrogen) atoms. The molecule has 2 aliphatic heterocycles. The van der Waals surface area contributed by atoms with Crippen LogP contribution in [0.2, 0.25) is 5.28 Å². The Morgan fingerprint density at radius 2 is 2.19 bits per heavy atom. The first-order valence-electron chi connectivity index (χ1n) is 9.47. The van der Waals surface area contributed by atoms with Crippen molar-refractivity contribution in [2.24, 2.45) is 11.0 Å². The summed E-state index contributed by atoms with van der Waals surface area (Å²) in [6.45, 7) is 0. The van der Waals surface area contributed by atoms with Crippen molar-refractivity contribution in [3.8, 4) is 0 Å². The van der Waals surface area contributed by atoms with Gasteiger partial charge in [-0.25, -0.2) is 4.98 Å². The first-order valence-corrected chi connectivity index (χ1v) is 9.84. The van der Waals surface area contributed by atoms with Gasteiger partial charge < -0.3 is 9.26 Å². The number of fused-ring (bicyclic) bond motifs is 6. The minimum absolute atomic E-state index is 0.0539. The Morgan fingerprint density at radius 1 is 1.33 bits per heavy atom. The number of halogens is 1. The normalized spacial score (nSPS) is 30.2. The lowest BCUT2D eigenvalue weighted by Crippen LogP contribution is -2.53. The van der Waals surface area contributed by atoms with Crippen LogP contribution in [0.4, 0.5) is 5.82 Å². The van der Waals surface area contributed by atoms with Crippen LogP contribution >= 0.6 is 11.6 Å². The number of imidazole rings is 1. The Morgan fingerprint density at radius 3 is 3.00 bits per heavy atom. The van der Waals surface area contributed by atoms with Gasteiger partial charge in [-0.1, -0.05) is 18.0 Å². The Kier molecular flexibility index (Phi) is 3.20. The van der Waals surface area contributed by atoms with E-state index in [1.54, 1.807) is 13.3 Å².